The molecule has 0 bridgehead atoms. The van der Waals surface area contributed by atoms with Crippen molar-refractivity contribution in [2.75, 3.05) is 43.7 Å². The van der Waals surface area contributed by atoms with E-state index in [9.17, 15) is 15.3 Å². The third-order valence-electron chi connectivity index (χ3n) is 4.03. The zero-order valence-corrected chi connectivity index (χ0v) is 15.3. The Morgan fingerprint density at radius 1 is 0.714 bits per heavy atom. The molecule has 0 aromatic rings. The molecule has 7 heteroatoms. The summed E-state index contributed by atoms with van der Waals surface area (Å²) < 4.78 is 6.12. The molecule has 0 fully saturated rings. The van der Waals surface area contributed by atoms with Gasteiger partial charge in [0.25, 0.3) is 0 Å². The van der Waals surface area contributed by atoms with Crippen LogP contribution in [0.2, 0.25) is 0 Å². The summed E-state index contributed by atoms with van der Waals surface area (Å²) in [6.07, 6.45) is 3.64. The lowest BCUT2D eigenvalue weighted by molar-refractivity contribution is -0.192. The van der Waals surface area contributed by atoms with E-state index < -0.39 is 11.0 Å². The van der Waals surface area contributed by atoms with Gasteiger partial charge in [-0.2, -0.15) is 37.9 Å². The Bertz CT molecular complexity index is 234. The van der Waals surface area contributed by atoms with Gasteiger partial charge in [0.05, 0.1) is 30.8 Å². The van der Waals surface area contributed by atoms with Crippen molar-refractivity contribution in [3.8, 4) is 0 Å². The van der Waals surface area contributed by atoms with Crippen LogP contribution in [0.1, 0.15) is 32.1 Å². The van der Waals surface area contributed by atoms with Gasteiger partial charge in [-0.1, -0.05) is 0 Å². The van der Waals surface area contributed by atoms with E-state index in [0.717, 1.165) is 19.3 Å². The van der Waals surface area contributed by atoms with Crippen LogP contribution in [0.4, 0.5) is 0 Å². The highest BCUT2D eigenvalue weighted by atomic mass is 32.1. The molecule has 21 heavy (non-hydrogen) atoms. The van der Waals surface area contributed by atoms with Crippen LogP contribution < -0.4 is 0 Å². The van der Waals surface area contributed by atoms with Crippen molar-refractivity contribution in [3.63, 3.8) is 0 Å². The van der Waals surface area contributed by atoms with Gasteiger partial charge in [0, 0.05) is 6.61 Å². The molecular weight excluding hydrogens is 328 g/mol. The summed E-state index contributed by atoms with van der Waals surface area (Å²) in [4.78, 5) is 0. The Morgan fingerprint density at radius 2 is 1.14 bits per heavy atom. The quantitative estimate of drug-likeness (QED) is 0.210. The molecule has 0 aliphatic heterocycles. The van der Waals surface area contributed by atoms with E-state index in [0.29, 0.717) is 36.7 Å². The first-order valence-corrected chi connectivity index (χ1v) is 9.31. The van der Waals surface area contributed by atoms with Crippen molar-refractivity contribution in [2.45, 2.75) is 37.7 Å². The number of aliphatic hydroxyl groups is 3. The fourth-order valence-corrected chi connectivity index (χ4v) is 3.04. The van der Waals surface area contributed by atoms with Crippen molar-refractivity contribution in [3.05, 3.63) is 0 Å². The average molecular weight is 359 g/mol. The summed E-state index contributed by atoms with van der Waals surface area (Å²) in [5.74, 6) is 2.09. The van der Waals surface area contributed by atoms with E-state index in [1.165, 1.54) is 0 Å². The van der Waals surface area contributed by atoms with Gasteiger partial charge < -0.3 is 20.1 Å². The van der Waals surface area contributed by atoms with Crippen LogP contribution >= 0.6 is 37.9 Å². The average Bonchev–Trinajstić information content (AvgIpc) is 2.52. The minimum Gasteiger partial charge on any atom is -0.395 e. The molecular formula is C14H30O4S3. The molecule has 0 spiro atoms. The SMILES string of the molecule is OCC(CO)(CO)C(CCCS)(CCCS)OCCCS. The highest BCUT2D eigenvalue weighted by Crippen LogP contribution is 2.42. The second-order valence-electron chi connectivity index (χ2n) is 5.33. The second kappa shape index (κ2) is 12.3. The van der Waals surface area contributed by atoms with E-state index in [1.54, 1.807) is 0 Å². The monoisotopic (exact) mass is 358 g/mol. The summed E-state index contributed by atoms with van der Waals surface area (Å²) >= 11 is 12.7. The number of ether oxygens (including phenoxy) is 1. The van der Waals surface area contributed by atoms with Crippen molar-refractivity contribution in [1.29, 1.82) is 0 Å². The van der Waals surface area contributed by atoms with Gasteiger partial charge >= 0.3 is 0 Å². The van der Waals surface area contributed by atoms with Gasteiger partial charge in [-0.05, 0) is 49.4 Å². The Morgan fingerprint density at radius 3 is 1.48 bits per heavy atom. The largest absolute Gasteiger partial charge is 0.395 e. The Hall–Kier alpha value is 0.890. The van der Waals surface area contributed by atoms with Gasteiger partial charge in [-0.15, -0.1) is 0 Å². The third-order valence-corrected chi connectivity index (χ3v) is 4.98. The topological polar surface area (TPSA) is 69.9 Å². The van der Waals surface area contributed by atoms with E-state index in [2.05, 4.69) is 37.9 Å². The Balaban J connectivity index is 5.36. The summed E-state index contributed by atoms with van der Waals surface area (Å²) in [5.41, 5.74) is -1.82. The van der Waals surface area contributed by atoms with E-state index in [4.69, 9.17) is 4.74 Å². The van der Waals surface area contributed by atoms with Crippen molar-refractivity contribution in [2.24, 2.45) is 5.41 Å². The fourth-order valence-electron chi connectivity index (χ4n) is 2.60. The van der Waals surface area contributed by atoms with Crippen LogP contribution in [-0.4, -0.2) is 64.6 Å². The smallest absolute Gasteiger partial charge is 0.0805 e. The molecule has 0 aromatic carbocycles. The summed E-state index contributed by atoms with van der Waals surface area (Å²) in [7, 11) is 0. The Labute approximate surface area is 144 Å². The van der Waals surface area contributed by atoms with Gasteiger partial charge in [-0.25, -0.2) is 0 Å². The summed E-state index contributed by atoms with van der Waals surface area (Å²) in [5, 5.41) is 29.4. The molecule has 0 unspecified atom stereocenters. The number of hydrogen-bond acceptors (Lipinski definition) is 7. The van der Waals surface area contributed by atoms with Crippen molar-refractivity contribution >= 4 is 37.9 Å². The van der Waals surface area contributed by atoms with Crippen LogP contribution in [0.15, 0.2) is 0 Å². The van der Waals surface area contributed by atoms with Crippen molar-refractivity contribution in [1.82, 2.24) is 0 Å². The molecule has 128 valence electrons. The molecule has 0 atom stereocenters. The maximum absolute atomic E-state index is 9.81. The molecule has 0 aromatic heterocycles. The van der Waals surface area contributed by atoms with Crippen LogP contribution in [0.5, 0.6) is 0 Å². The first kappa shape index (κ1) is 21.9. The molecule has 0 radical (unpaired) electrons. The minimum atomic E-state index is -1.06. The first-order chi connectivity index (χ1) is 10.1. The lowest BCUT2D eigenvalue weighted by Gasteiger charge is -2.48. The minimum absolute atomic E-state index is 0.319. The molecule has 0 amide bonds. The van der Waals surface area contributed by atoms with Crippen LogP contribution in [0.25, 0.3) is 0 Å². The molecule has 0 aliphatic rings. The zero-order valence-electron chi connectivity index (χ0n) is 12.6. The maximum atomic E-state index is 9.81. The van der Waals surface area contributed by atoms with Crippen LogP contribution in [-0.2, 0) is 4.74 Å². The van der Waals surface area contributed by atoms with E-state index in [-0.39, 0.29) is 19.8 Å². The predicted octanol–water partition coefficient (Wildman–Crippen LogP) is 1.44. The Kier molecular flexibility index (Phi) is 12.9. The lowest BCUT2D eigenvalue weighted by atomic mass is 9.68. The third kappa shape index (κ3) is 6.12. The van der Waals surface area contributed by atoms with Crippen molar-refractivity contribution < 1.29 is 20.1 Å². The molecule has 4 nitrogen and oxygen atoms in total. The van der Waals surface area contributed by atoms with Crippen LogP contribution in [0.3, 0.4) is 0 Å². The van der Waals surface area contributed by atoms with Crippen LogP contribution in [0, 0.1) is 5.41 Å². The standard InChI is InChI=1S/C14H30O4S3/c15-10-13(11-16,12-17)14(4-1-7-19,5-2-8-20)18-6-3-9-21/h15-17,19-21H,1-12H2. The zero-order chi connectivity index (χ0) is 16.2. The molecule has 0 aliphatic carbocycles. The summed E-state index contributed by atoms with van der Waals surface area (Å²) in [6.45, 7) is -0.468. The van der Waals surface area contributed by atoms with Gasteiger partial charge in [-0.3, -0.25) is 0 Å². The number of aliphatic hydroxyl groups excluding tert-OH is 3. The second-order valence-corrected chi connectivity index (χ2v) is 6.67. The maximum Gasteiger partial charge on any atom is 0.0805 e. The van der Waals surface area contributed by atoms with Gasteiger partial charge in [0.1, 0.15) is 0 Å². The molecule has 0 saturated heterocycles. The normalized spacial score (nSPS) is 12.9. The molecule has 0 heterocycles. The number of rotatable bonds is 14. The van der Waals surface area contributed by atoms with E-state index in [1.807, 2.05) is 0 Å². The van der Waals surface area contributed by atoms with Gasteiger partial charge in [0.2, 0.25) is 0 Å². The first-order valence-electron chi connectivity index (χ1n) is 7.41. The fraction of sp³-hybridized carbons (Fsp3) is 1.00. The lowest BCUT2D eigenvalue weighted by Crippen LogP contribution is -2.57. The van der Waals surface area contributed by atoms with Gasteiger partial charge in [0.15, 0.2) is 0 Å². The molecule has 0 saturated carbocycles. The highest BCUT2D eigenvalue weighted by molar-refractivity contribution is 7.80. The number of thiol groups is 3. The summed E-state index contributed by atoms with van der Waals surface area (Å²) in [6, 6.07) is 0. The predicted molar refractivity (Wildman–Crippen MR) is 97.0 cm³/mol. The van der Waals surface area contributed by atoms with E-state index >= 15 is 0 Å². The highest BCUT2D eigenvalue weighted by Gasteiger charge is 2.50. The molecule has 3 N–H and O–H groups in total. The number of hydrogen-bond donors (Lipinski definition) is 6. The molecule has 0 rings (SSSR count).